The Kier molecular flexibility index (Phi) is 10.0. The van der Waals surface area contributed by atoms with E-state index >= 15 is 0 Å². The third-order valence-corrected chi connectivity index (χ3v) is 5.86. The molecule has 1 aromatic carbocycles. The van der Waals surface area contributed by atoms with Crippen LogP contribution in [0.15, 0.2) is 51.7 Å². The van der Waals surface area contributed by atoms with E-state index in [1.807, 2.05) is 0 Å². The number of aryl methyl sites for hydroxylation is 1. The molecule has 0 aliphatic heterocycles. The Morgan fingerprint density at radius 2 is 1.49 bits per heavy atom. The van der Waals surface area contributed by atoms with Crippen molar-refractivity contribution in [3.8, 4) is 11.6 Å². The van der Waals surface area contributed by atoms with Crippen LogP contribution in [0.1, 0.15) is 31.8 Å². The second-order valence-electron chi connectivity index (χ2n) is 6.54. The molecule has 0 amide bonds. The van der Waals surface area contributed by atoms with Crippen molar-refractivity contribution >= 4 is 55.4 Å². The number of para-hydroxylation sites is 1. The van der Waals surface area contributed by atoms with Crippen molar-refractivity contribution in [2.45, 2.75) is 13.1 Å². The number of ether oxygens (including phenoxy) is 3. The predicted molar refractivity (Wildman–Crippen MR) is 128 cm³/mol. The Bertz CT molecular complexity index is 1240. The maximum atomic E-state index is 13.1. The Labute approximate surface area is 219 Å². The van der Waals surface area contributed by atoms with Crippen LogP contribution in [0.4, 0.5) is 13.2 Å². The van der Waals surface area contributed by atoms with E-state index in [2.05, 4.69) is 51.3 Å². The highest BCUT2D eigenvalue weighted by molar-refractivity contribution is 9.10. The maximum absolute atomic E-state index is 13.1. The number of hydrogen-bond donors (Lipinski definition) is 0. The standard InChI is InChI=1S/C15H11BrF3NO3.C7H5BrClNO2/c1-8-4-3-5-10(15(17,18)19)12(8)23-13-11(16)6-9(7-20-13)14(21)22-2;1-12-7(11)4-2-5(8)6(9)10-3-4/h3-7H,1-2H3;2-3H,1H3. The van der Waals surface area contributed by atoms with E-state index in [4.69, 9.17) is 16.3 Å². The highest BCUT2D eigenvalue weighted by Crippen LogP contribution is 2.40. The van der Waals surface area contributed by atoms with Crippen molar-refractivity contribution in [2.75, 3.05) is 14.2 Å². The number of hydrogen-bond acceptors (Lipinski definition) is 7. The molecule has 3 aromatic rings. The molecule has 7 nitrogen and oxygen atoms in total. The average Bonchev–Trinajstić information content (AvgIpc) is 2.81. The molecule has 0 fully saturated rings. The Morgan fingerprint density at radius 3 is 1.97 bits per heavy atom. The Morgan fingerprint density at radius 1 is 0.943 bits per heavy atom. The van der Waals surface area contributed by atoms with Gasteiger partial charge >= 0.3 is 18.1 Å². The van der Waals surface area contributed by atoms with Gasteiger partial charge in [0.2, 0.25) is 5.88 Å². The summed E-state index contributed by atoms with van der Waals surface area (Å²) in [5.74, 6) is -1.46. The van der Waals surface area contributed by atoms with Crippen LogP contribution in [0, 0.1) is 6.92 Å². The molecule has 0 atom stereocenters. The van der Waals surface area contributed by atoms with Crippen LogP contribution >= 0.6 is 43.5 Å². The summed E-state index contributed by atoms with van der Waals surface area (Å²) in [7, 11) is 2.52. The molecule has 0 saturated carbocycles. The monoisotopic (exact) mass is 638 g/mol. The van der Waals surface area contributed by atoms with Gasteiger partial charge in [0.25, 0.3) is 0 Å². The molecule has 186 valence electrons. The van der Waals surface area contributed by atoms with Gasteiger partial charge in [0.1, 0.15) is 10.9 Å². The van der Waals surface area contributed by atoms with Gasteiger partial charge in [-0.05, 0) is 62.5 Å². The minimum Gasteiger partial charge on any atom is -0.465 e. The SMILES string of the molecule is COC(=O)c1cnc(Cl)c(Br)c1.COC(=O)c1cnc(Oc2c(C)cccc2C(F)(F)F)c(Br)c1. The molecule has 2 heterocycles. The molecule has 0 saturated heterocycles. The molecule has 0 bridgehead atoms. The fraction of sp³-hybridized carbons (Fsp3) is 0.182. The number of carbonyl (C=O) groups is 2. The lowest BCUT2D eigenvalue weighted by Crippen LogP contribution is -2.09. The summed E-state index contributed by atoms with van der Waals surface area (Å²) in [6, 6.07) is 6.65. The molecule has 2 aromatic heterocycles. The smallest absolute Gasteiger partial charge is 0.419 e. The minimum atomic E-state index is -4.56. The van der Waals surface area contributed by atoms with Crippen molar-refractivity contribution in [2.24, 2.45) is 0 Å². The topological polar surface area (TPSA) is 87.6 Å². The summed E-state index contributed by atoms with van der Waals surface area (Å²) >= 11 is 11.9. The number of nitrogens with zero attached hydrogens (tertiary/aromatic N) is 2. The first-order valence-electron chi connectivity index (χ1n) is 9.36. The molecule has 3 rings (SSSR count). The van der Waals surface area contributed by atoms with Gasteiger partial charge in [-0.2, -0.15) is 13.2 Å². The number of pyridine rings is 2. The van der Waals surface area contributed by atoms with E-state index in [0.717, 1.165) is 12.3 Å². The van der Waals surface area contributed by atoms with Crippen molar-refractivity contribution < 1.29 is 37.0 Å². The number of carbonyl (C=O) groups excluding carboxylic acids is 2. The van der Waals surface area contributed by atoms with Crippen LogP contribution in [-0.4, -0.2) is 36.1 Å². The molecule has 0 spiro atoms. The number of esters is 2. The second-order valence-corrected chi connectivity index (χ2v) is 8.61. The highest BCUT2D eigenvalue weighted by atomic mass is 79.9. The van der Waals surface area contributed by atoms with Gasteiger partial charge in [0.15, 0.2) is 0 Å². The van der Waals surface area contributed by atoms with Crippen molar-refractivity contribution in [1.29, 1.82) is 0 Å². The van der Waals surface area contributed by atoms with Crippen LogP contribution in [0.3, 0.4) is 0 Å². The predicted octanol–water partition coefficient (Wildman–Crippen LogP) is 7.03. The summed E-state index contributed by atoms with van der Waals surface area (Å²) in [5, 5.41) is 0.322. The van der Waals surface area contributed by atoms with Gasteiger partial charge in [0, 0.05) is 12.4 Å². The van der Waals surface area contributed by atoms with Gasteiger partial charge in [-0.15, -0.1) is 0 Å². The Hall–Kier alpha value is -2.70. The summed E-state index contributed by atoms with van der Waals surface area (Å²) in [4.78, 5) is 30.0. The maximum Gasteiger partial charge on any atom is 0.419 e. The molecule has 13 heteroatoms. The minimum absolute atomic E-state index is 0.0857. The lowest BCUT2D eigenvalue weighted by Gasteiger charge is -2.16. The number of benzene rings is 1. The summed E-state index contributed by atoms with van der Waals surface area (Å²) in [6.45, 7) is 1.50. The zero-order chi connectivity index (χ0) is 26.3. The largest absolute Gasteiger partial charge is 0.465 e. The quantitative estimate of drug-likeness (QED) is 0.224. The molecular formula is C22H16Br2ClF3N2O5. The number of aromatic nitrogens is 2. The third kappa shape index (κ3) is 7.64. The van der Waals surface area contributed by atoms with E-state index < -0.39 is 23.7 Å². The molecule has 0 radical (unpaired) electrons. The third-order valence-electron chi connectivity index (χ3n) is 4.16. The lowest BCUT2D eigenvalue weighted by molar-refractivity contribution is -0.138. The number of methoxy groups -OCH3 is 2. The highest BCUT2D eigenvalue weighted by Gasteiger charge is 2.35. The van der Waals surface area contributed by atoms with E-state index in [0.29, 0.717) is 20.8 Å². The summed E-state index contributed by atoms with van der Waals surface area (Å²) in [5.41, 5.74) is -0.0739. The van der Waals surface area contributed by atoms with Crippen LogP contribution in [-0.2, 0) is 15.7 Å². The first kappa shape index (κ1) is 28.5. The van der Waals surface area contributed by atoms with Crippen LogP contribution in [0.2, 0.25) is 5.15 Å². The van der Waals surface area contributed by atoms with E-state index in [9.17, 15) is 22.8 Å². The van der Waals surface area contributed by atoms with Gasteiger partial charge in [0.05, 0.1) is 39.9 Å². The molecule has 0 aliphatic carbocycles. The van der Waals surface area contributed by atoms with E-state index in [-0.39, 0.29) is 21.7 Å². The molecule has 0 N–H and O–H groups in total. The van der Waals surface area contributed by atoms with E-state index in [1.165, 1.54) is 45.5 Å². The Balaban J connectivity index is 0.000000303. The van der Waals surface area contributed by atoms with Gasteiger partial charge in [-0.25, -0.2) is 19.6 Å². The normalized spacial score (nSPS) is 10.7. The summed E-state index contributed by atoms with van der Waals surface area (Å²) < 4.78 is 54.4. The number of alkyl halides is 3. The van der Waals surface area contributed by atoms with Gasteiger partial charge in [-0.1, -0.05) is 23.7 Å². The molecule has 35 heavy (non-hydrogen) atoms. The van der Waals surface area contributed by atoms with Crippen molar-refractivity contribution in [3.05, 3.63) is 79.1 Å². The zero-order valence-corrected chi connectivity index (χ0v) is 22.2. The molecular weight excluding hydrogens is 625 g/mol. The van der Waals surface area contributed by atoms with Crippen molar-refractivity contribution in [1.82, 2.24) is 9.97 Å². The van der Waals surface area contributed by atoms with Gasteiger partial charge in [-0.3, -0.25) is 0 Å². The second kappa shape index (κ2) is 12.3. The fourth-order valence-electron chi connectivity index (χ4n) is 2.49. The fourth-order valence-corrected chi connectivity index (χ4v) is 3.37. The first-order chi connectivity index (χ1) is 16.4. The molecule has 0 aliphatic rings. The number of rotatable bonds is 4. The lowest BCUT2D eigenvalue weighted by atomic mass is 10.1. The van der Waals surface area contributed by atoms with Crippen LogP contribution in [0.25, 0.3) is 0 Å². The van der Waals surface area contributed by atoms with Crippen LogP contribution < -0.4 is 4.74 Å². The van der Waals surface area contributed by atoms with E-state index in [1.54, 1.807) is 6.07 Å². The first-order valence-corrected chi connectivity index (χ1v) is 11.3. The average molecular weight is 641 g/mol. The van der Waals surface area contributed by atoms with Gasteiger partial charge < -0.3 is 14.2 Å². The van der Waals surface area contributed by atoms with Crippen LogP contribution in [0.5, 0.6) is 11.6 Å². The van der Waals surface area contributed by atoms with Crippen molar-refractivity contribution in [3.63, 3.8) is 0 Å². The zero-order valence-electron chi connectivity index (χ0n) is 18.2. The summed E-state index contributed by atoms with van der Waals surface area (Å²) in [6.07, 6.45) is -2.03. The molecule has 0 unspecified atom stereocenters. The number of halogens is 6.